The van der Waals surface area contributed by atoms with Crippen molar-refractivity contribution < 1.29 is 52.7 Å². The number of alkyl carbamates (subject to hydrolysis) is 1. The molecule has 0 aliphatic carbocycles. The second-order valence-electron chi connectivity index (χ2n) is 23.8. The number of amides is 10. The smallest absolute Gasteiger partial charge is 0.408 e. The van der Waals surface area contributed by atoms with E-state index in [4.69, 9.17) is 10.5 Å². The minimum Gasteiger partial charge on any atom is -0.444 e. The van der Waals surface area contributed by atoms with Crippen LogP contribution in [0.1, 0.15) is 124 Å². The minimum absolute atomic E-state index is 0.0613. The number of carbonyl (C=O) groups excluding carboxylic acids is 10. The van der Waals surface area contributed by atoms with Crippen LogP contribution in [-0.2, 0) is 65.9 Å². The van der Waals surface area contributed by atoms with Crippen molar-refractivity contribution in [3.8, 4) is 0 Å². The van der Waals surface area contributed by atoms with E-state index in [1.165, 1.54) is 89.6 Å². The number of ether oxygens (including phenoxy) is 1. The van der Waals surface area contributed by atoms with Crippen molar-refractivity contribution in [2.75, 3.05) is 77.0 Å². The van der Waals surface area contributed by atoms with Crippen LogP contribution in [0.3, 0.4) is 0 Å². The maximum absolute atomic E-state index is 13.9. The van der Waals surface area contributed by atoms with Crippen molar-refractivity contribution in [2.45, 2.75) is 51.7 Å². The summed E-state index contributed by atoms with van der Waals surface area (Å²) in [5, 5.41) is 27.4. The Labute approximate surface area is 546 Å². The van der Waals surface area contributed by atoms with E-state index in [2.05, 4.69) is 68.0 Å². The van der Waals surface area contributed by atoms with Gasteiger partial charge in [0.1, 0.15) is 45.8 Å². The summed E-state index contributed by atoms with van der Waals surface area (Å²) in [6.07, 6.45) is 14.4. The van der Waals surface area contributed by atoms with E-state index in [9.17, 15) is 47.9 Å². The highest BCUT2D eigenvalue weighted by Gasteiger charge is 2.28. The van der Waals surface area contributed by atoms with Gasteiger partial charge in [0.05, 0.1) is 34.1 Å². The summed E-state index contributed by atoms with van der Waals surface area (Å²) in [6, 6.07) is 7.63. The molecule has 33 nitrogen and oxygen atoms in total. The molecule has 10 amide bonds. The fourth-order valence-electron chi connectivity index (χ4n) is 10.1. The minimum atomic E-state index is -1.31. The van der Waals surface area contributed by atoms with E-state index in [1.54, 1.807) is 116 Å². The monoisotopic (exact) mass is 1310 g/mol. The van der Waals surface area contributed by atoms with Gasteiger partial charge in [-0.2, -0.15) is 0 Å². The highest BCUT2D eigenvalue weighted by atomic mass is 16.6. The molecule has 33 heteroatoms. The number of anilines is 7. The van der Waals surface area contributed by atoms with Gasteiger partial charge in [-0.1, -0.05) is 0 Å². The molecule has 0 radical (unpaired) electrons. The van der Waals surface area contributed by atoms with Gasteiger partial charge >= 0.3 is 6.09 Å². The molecule has 0 saturated heterocycles. The van der Waals surface area contributed by atoms with Gasteiger partial charge in [0.2, 0.25) is 11.7 Å². The van der Waals surface area contributed by atoms with E-state index >= 15 is 0 Å². The lowest BCUT2D eigenvalue weighted by molar-refractivity contribution is -0.118. The number of aryl methyl sites for hydroxylation is 8. The standard InChI is InChI=1S/C62H80N22O11/c1-62(2,3)95-61(94)73-42(15-18-66-54(87)44-24-37(30-79(44)7)68-56(89)46-25-38(31-81(46)9)69-57(90)47-27-40(33-82(47)10)71-59(92)50-64-19-22-77(50)5)52(85)75-49-35-84(12)51(74-49)60(93)72-41-28-48(83(11)34-41)58(91)70-39-26-45(80(8)32-39)55(88)67-36-23-43(78(6)29-36)53(86)65-17-14-21-76(4)20-13-16-63/h19,22-35,42H,13-18,20-21,63H2,1-12H3,(H,65,86)(H,66,87)(H,67,88)(H,68,89)(H,69,90)(H,70,91)(H,71,92)(H,72,93)(H,73,94)(H,75,85)/t42-/m1/s1. The predicted molar refractivity (Wildman–Crippen MR) is 353 cm³/mol. The Balaban J connectivity index is 0.823. The van der Waals surface area contributed by atoms with Gasteiger partial charge in [-0.05, 0) is 103 Å². The molecule has 8 heterocycles. The highest BCUT2D eigenvalue weighted by Crippen LogP contribution is 2.24. The summed E-state index contributed by atoms with van der Waals surface area (Å²) in [4.78, 5) is 144. The Bertz CT molecular complexity index is 4210. The topological polar surface area (TPSA) is 395 Å². The summed E-state index contributed by atoms with van der Waals surface area (Å²) in [5.41, 5.74) is 7.77. The fraction of sp³-hybridized carbons (Fsp3) is 0.355. The number of rotatable bonds is 27. The first-order valence-electron chi connectivity index (χ1n) is 30.1. The Kier molecular flexibility index (Phi) is 21.8. The molecule has 95 heavy (non-hydrogen) atoms. The lowest BCUT2D eigenvalue weighted by Gasteiger charge is -2.23. The quantitative estimate of drug-likeness (QED) is 0.0327. The summed E-state index contributed by atoms with van der Waals surface area (Å²) in [6.45, 7) is 7.56. The van der Waals surface area contributed by atoms with Crippen LogP contribution >= 0.6 is 0 Å². The zero-order valence-electron chi connectivity index (χ0n) is 54.9. The van der Waals surface area contributed by atoms with Crippen LogP contribution in [-0.4, -0.2) is 162 Å². The van der Waals surface area contributed by atoms with Crippen LogP contribution < -0.4 is 58.9 Å². The van der Waals surface area contributed by atoms with E-state index in [0.29, 0.717) is 41.5 Å². The number of hydrogen-bond donors (Lipinski definition) is 11. The molecule has 0 aliphatic rings. The lowest BCUT2D eigenvalue weighted by atomic mass is 10.2. The summed E-state index contributed by atoms with van der Waals surface area (Å²) in [7, 11) is 15.0. The van der Waals surface area contributed by atoms with Crippen LogP contribution in [0.5, 0.6) is 0 Å². The first-order chi connectivity index (χ1) is 44.9. The number of aromatic nitrogens is 10. The maximum Gasteiger partial charge on any atom is 0.408 e. The first-order valence-corrected chi connectivity index (χ1v) is 30.1. The van der Waals surface area contributed by atoms with Crippen molar-refractivity contribution in [3.05, 3.63) is 138 Å². The van der Waals surface area contributed by atoms with Gasteiger partial charge in [-0.25, -0.2) is 14.8 Å². The Morgan fingerprint density at radius 1 is 0.474 bits per heavy atom. The zero-order chi connectivity index (χ0) is 69.2. The van der Waals surface area contributed by atoms with E-state index in [1.807, 2.05) is 7.05 Å². The largest absolute Gasteiger partial charge is 0.444 e. The number of nitrogens with two attached hydrogens (primary N) is 1. The maximum atomic E-state index is 13.9. The van der Waals surface area contributed by atoms with Gasteiger partial charge < -0.3 is 105 Å². The molecule has 0 unspecified atom stereocenters. The molecule has 504 valence electrons. The third kappa shape index (κ3) is 18.0. The molecule has 0 spiro atoms. The van der Waals surface area contributed by atoms with Crippen molar-refractivity contribution in [1.82, 2.24) is 67.4 Å². The highest BCUT2D eigenvalue weighted by molar-refractivity contribution is 6.10. The summed E-state index contributed by atoms with van der Waals surface area (Å²) in [5.74, 6) is -4.91. The van der Waals surface area contributed by atoms with Gasteiger partial charge in [-0.15, -0.1) is 0 Å². The molecule has 0 bridgehead atoms. The molecule has 0 fully saturated rings. The van der Waals surface area contributed by atoms with Crippen LogP contribution in [0.2, 0.25) is 0 Å². The molecule has 12 N–H and O–H groups in total. The van der Waals surface area contributed by atoms with E-state index in [0.717, 1.165) is 25.9 Å². The Hall–Kier alpha value is -11.5. The number of carbonyl (C=O) groups is 10. The Morgan fingerprint density at radius 2 is 0.842 bits per heavy atom. The lowest BCUT2D eigenvalue weighted by Crippen LogP contribution is -2.47. The molecule has 8 aromatic rings. The normalized spacial score (nSPS) is 11.6. The third-order valence-corrected chi connectivity index (χ3v) is 14.8. The van der Waals surface area contributed by atoms with E-state index < -0.39 is 65.0 Å². The molecule has 0 aliphatic heterocycles. The van der Waals surface area contributed by atoms with Gasteiger partial charge in [0, 0.05) is 125 Å². The van der Waals surface area contributed by atoms with Crippen LogP contribution in [0.15, 0.2) is 92.2 Å². The van der Waals surface area contributed by atoms with Crippen molar-refractivity contribution in [1.29, 1.82) is 0 Å². The second-order valence-corrected chi connectivity index (χ2v) is 23.8. The number of nitrogens with zero attached hydrogens (tertiary/aromatic N) is 11. The molecule has 1 atom stereocenters. The van der Waals surface area contributed by atoms with Crippen molar-refractivity contribution >= 4 is 99.2 Å². The molecule has 8 aromatic heterocycles. The molecular weight excluding hydrogens is 1230 g/mol. The van der Waals surface area contributed by atoms with Crippen LogP contribution in [0.4, 0.5) is 44.7 Å². The molecular formula is C62H80N22O11. The van der Waals surface area contributed by atoms with Crippen molar-refractivity contribution in [3.63, 3.8) is 0 Å². The number of imidazole rings is 2. The van der Waals surface area contributed by atoms with Gasteiger partial charge in [-0.3, -0.25) is 43.2 Å². The summed E-state index contributed by atoms with van der Waals surface area (Å²) < 4.78 is 17.5. The molecule has 0 aromatic carbocycles. The molecule has 0 saturated carbocycles. The average Bonchev–Trinajstić information content (AvgIpc) is 1.70. The molecule has 8 rings (SSSR count). The summed E-state index contributed by atoms with van der Waals surface area (Å²) >= 11 is 0. The van der Waals surface area contributed by atoms with Crippen molar-refractivity contribution in [2.24, 2.45) is 62.1 Å². The zero-order valence-corrected chi connectivity index (χ0v) is 54.9. The fourth-order valence-corrected chi connectivity index (χ4v) is 10.1. The van der Waals surface area contributed by atoms with Crippen LogP contribution in [0.25, 0.3) is 0 Å². The second kappa shape index (κ2) is 29.9. The SMILES string of the molecule is CN(CCCN)CCCNC(=O)c1cc(NC(=O)c2cc(NC(=O)c3cc(NC(=O)c4nc(NC(=O)[C@@H](CCNC(=O)c5cc(NC(=O)c6cc(NC(=O)c7cc(NC(=O)c8nccn8C)cn7C)cn6C)cn5C)NC(=O)OC(C)(C)C)cn4C)cn3C)cn2C)cn1C. The average molecular weight is 1310 g/mol. The third-order valence-electron chi connectivity index (χ3n) is 14.8. The van der Waals surface area contributed by atoms with Gasteiger partial charge in [0.15, 0.2) is 11.6 Å². The van der Waals surface area contributed by atoms with E-state index in [-0.39, 0.29) is 76.2 Å². The van der Waals surface area contributed by atoms with Gasteiger partial charge in [0.25, 0.3) is 47.3 Å². The number of nitrogens with one attached hydrogen (secondary N) is 10. The predicted octanol–water partition coefficient (Wildman–Crippen LogP) is 3.75. The van der Waals surface area contributed by atoms with Crippen LogP contribution in [0, 0.1) is 0 Å². The number of hydrogen-bond acceptors (Lipinski definition) is 15. The Morgan fingerprint density at radius 3 is 1.22 bits per heavy atom. The first kappa shape index (κ1) is 69.4.